The van der Waals surface area contributed by atoms with Crippen LogP contribution in [0, 0.1) is 0 Å². The van der Waals surface area contributed by atoms with E-state index in [2.05, 4.69) is 15.2 Å². The standard InChI is InChI=1S/C19H19N5O2/c25-17-3-1-2-15(10-17)14-5-8-23(9-6-14)19(26)16-4-7-20-18(11-16)24-12-21-22-13-24/h1-4,7,10-14,25H,5-6,8-9H2. The number of aromatic hydroxyl groups is 1. The molecule has 0 aliphatic carbocycles. The molecule has 1 aromatic carbocycles. The van der Waals surface area contributed by atoms with Gasteiger partial charge in [0, 0.05) is 24.8 Å². The maximum atomic E-state index is 12.8. The summed E-state index contributed by atoms with van der Waals surface area (Å²) in [5, 5.41) is 17.2. The lowest BCUT2D eigenvalue weighted by atomic mass is 9.89. The van der Waals surface area contributed by atoms with Gasteiger partial charge in [-0.1, -0.05) is 12.1 Å². The number of piperidine rings is 1. The van der Waals surface area contributed by atoms with Gasteiger partial charge in [0.05, 0.1) is 0 Å². The number of amides is 1. The molecule has 0 radical (unpaired) electrons. The van der Waals surface area contributed by atoms with E-state index in [1.54, 1.807) is 41.6 Å². The van der Waals surface area contributed by atoms with Crippen LogP contribution in [0.2, 0.25) is 0 Å². The fourth-order valence-electron chi connectivity index (χ4n) is 3.39. The third kappa shape index (κ3) is 3.28. The van der Waals surface area contributed by atoms with Crippen molar-refractivity contribution in [1.82, 2.24) is 24.6 Å². The minimum absolute atomic E-state index is 0.0103. The number of hydrogen-bond acceptors (Lipinski definition) is 5. The molecule has 2 aromatic heterocycles. The number of phenolic OH excluding ortho intramolecular Hbond substituents is 1. The highest BCUT2D eigenvalue weighted by molar-refractivity contribution is 5.94. The third-order valence-electron chi connectivity index (χ3n) is 4.80. The second-order valence-corrected chi connectivity index (χ2v) is 6.43. The molecular weight excluding hydrogens is 330 g/mol. The molecule has 0 unspecified atom stereocenters. The van der Waals surface area contributed by atoms with Crippen LogP contribution in [0.25, 0.3) is 5.82 Å². The van der Waals surface area contributed by atoms with Crippen molar-refractivity contribution in [1.29, 1.82) is 0 Å². The molecule has 1 fully saturated rings. The fourth-order valence-corrected chi connectivity index (χ4v) is 3.39. The van der Waals surface area contributed by atoms with Gasteiger partial charge in [0.2, 0.25) is 0 Å². The zero-order valence-electron chi connectivity index (χ0n) is 14.2. The summed E-state index contributed by atoms with van der Waals surface area (Å²) in [5.41, 5.74) is 1.75. The van der Waals surface area contributed by atoms with Gasteiger partial charge >= 0.3 is 0 Å². The van der Waals surface area contributed by atoms with E-state index in [1.165, 1.54) is 0 Å². The molecule has 1 amide bonds. The maximum Gasteiger partial charge on any atom is 0.254 e. The first-order valence-electron chi connectivity index (χ1n) is 8.60. The van der Waals surface area contributed by atoms with Gasteiger partial charge in [0.1, 0.15) is 24.2 Å². The number of phenols is 1. The Balaban J connectivity index is 1.45. The highest BCUT2D eigenvalue weighted by atomic mass is 16.3. The van der Waals surface area contributed by atoms with Crippen molar-refractivity contribution in [3.63, 3.8) is 0 Å². The number of carbonyl (C=O) groups is 1. The Kier molecular flexibility index (Phi) is 4.35. The molecule has 7 nitrogen and oxygen atoms in total. The quantitative estimate of drug-likeness (QED) is 0.785. The molecule has 132 valence electrons. The average molecular weight is 349 g/mol. The van der Waals surface area contributed by atoms with Crippen LogP contribution in [0.15, 0.2) is 55.2 Å². The lowest BCUT2D eigenvalue weighted by Gasteiger charge is -2.32. The minimum Gasteiger partial charge on any atom is -0.508 e. The van der Waals surface area contributed by atoms with Gasteiger partial charge in [0.15, 0.2) is 0 Å². The van der Waals surface area contributed by atoms with E-state index in [1.807, 2.05) is 23.1 Å². The largest absolute Gasteiger partial charge is 0.508 e. The van der Waals surface area contributed by atoms with Crippen LogP contribution in [0.1, 0.15) is 34.7 Å². The van der Waals surface area contributed by atoms with Crippen molar-refractivity contribution >= 4 is 5.91 Å². The van der Waals surface area contributed by atoms with E-state index < -0.39 is 0 Å². The van der Waals surface area contributed by atoms with Crippen molar-refractivity contribution in [2.75, 3.05) is 13.1 Å². The van der Waals surface area contributed by atoms with Crippen molar-refractivity contribution in [2.45, 2.75) is 18.8 Å². The third-order valence-corrected chi connectivity index (χ3v) is 4.80. The van der Waals surface area contributed by atoms with Crippen molar-refractivity contribution in [3.8, 4) is 11.6 Å². The van der Waals surface area contributed by atoms with Crippen LogP contribution in [0.3, 0.4) is 0 Å². The van der Waals surface area contributed by atoms with Crippen LogP contribution in [0.5, 0.6) is 5.75 Å². The highest BCUT2D eigenvalue weighted by Crippen LogP contribution is 2.30. The lowest BCUT2D eigenvalue weighted by Crippen LogP contribution is -2.38. The summed E-state index contributed by atoms with van der Waals surface area (Å²) in [6.07, 6.45) is 6.51. The number of nitrogens with zero attached hydrogens (tertiary/aromatic N) is 5. The SMILES string of the molecule is O=C(c1ccnc(-n2cnnc2)c1)N1CCC(c2cccc(O)c2)CC1. The molecule has 26 heavy (non-hydrogen) atoms. The Morgan fingerprint density at radius 3 is 2.58 bits per heavy atom. The van der Waals surface area contributed by atoms with Crippen molar-refractivity contribution < 1.29 is 9.90 Å². The molecule has 0 spiro atoms. The molecule has 1 saturated heterocycles. The van der Waals surface area contributed by atoms with E-state index in [9.17, 15) is 9.90 Å². The zero-order valence-corrected chi connectivity index (χ0v) is 14.2. The van der Waals surface area contributed by atoms with Crippen LogP contribution in [0.4, 0.5) is 0 Å². The average Bonchev–Trinajstić information content (AvgIpc) is 3.23. The van der Waals surface area contributed by atoms with Crippen LogP contribution < -0.4 is 0 Å². The van der Waals surface area contributed by atoms with Crippen LogP contribution in [-0.2, 0) is 0 Å². The van der Waals surface area contributed by atoms with E-state index in [0.717, 1.165) is 18.4 Å². The highest BCUT2D eigenvalue weighted by Gasteiger charge is 2.25. The number of carbonyl (C=O) groups excluding carboxylic acids is 1. The Hall–Kier alpha value is -3.22. The molecule has 3 heterocycles. The molecule has 3 aromatic rings. The molecule has 0 atom stereocenters. The van der Waals surface area contributed by atoms with Crippen molar-refractivity contribution in [3.05, 3.63) is 66.4 Å². The van der Waals surface area contributed by atoms with Gasteiger partial charge in [-0.3, -0.25) is 9.36 Å². The fraction of sp³-hybridized carbons (Fsp3) is 0.263. The lowest BCUT2D eigenvalue weighted by molar-refractivity contribution is 0.0712. The molecule has 1 N–H and O–H groups in total. The zero-order chi connectivity index (χ0) is 17.9. The second-order valence-electron chi connectivity index (χ2n) is 6.43. The predicted molar refractivity (Wildman–Crippen MR) is 95.1 cm³/mol. The monoisotopic (exact) mass is 349 g/mol. The van der Waals surface area contributed by atoms with E-state index in [0.29, 0.717) is 36.1 Å². The van der Waals surface area contributed by atoms with Crippen LogP contribution >= 0.6 is 0 Å². The molecule has 1 aliphatic heterocycles. The summed E-state index contributed by atoms with van der Waals surface area (Å²) >= 11 is 0. The first-order valence-corrected chi connectivity index (χ1v) is 8.60. The van der Waals surface area contributed by atoms with Gasteiger partial charge in [-0.2, -0.15) is 0 Å². The van der Waals surface area contributed by atoms with Crippen LogP contribution in [-0.4, -0.2) is 48.8 Å². The first kappa shape index (κ1) is 16.3. The Labute approximate surface area is 150 Å². The maximum absolute atomic E-state index is 12.8. The normalized spacial score (nSPS) is 15.2. The summed E-state index contributed by atoms with van der Waals surface area (Å²) in [7, 11) is 0. The van der Waals surface area contributed by atoms with Gasteiger partial charge in [0.25, 0.3) is 5.91 Å². The van der Waals surface area contributed by atoms with Gasteiger partial charge in [-0.15, -0.1) is 10.2 Å². The first-order chi connectivity index (χ1) is 12.7. The molecule has 4 rings (SSSR count). The summed E-state index contributed by atoms with van der Waals surface area (Å²) in [5.74, 6) is 1.29. The van der Waals surface area contributed by atoms with Gasteiger partial charge in [-0.05, 0) is 48.6 Å². The van der Waals surface area contributed by atoms with E-state index in [4.69, 9.17) is 0 Å². The summed E-state index contributed by atoms with van der Waals surface area (Å²) in [6.45, 7) is 1.40. The summed E-state index contributed by atoms with van der Waals surface area (Å²) in [6, 6.07) is 10.9. The predicted octanol–water partition coefficient (Wildman–Crippen LogP) is 2.39. The molecule has 7 heteroatoms. The Morgan fingerprint density at radius 1 is 1.08 bits per heavy atom. The van der Waals surface area contributed by atoms with Gasteiger partial charge in [-0.25, -0.2) is 4.98 Å². The number of pyridine rings is 1. The summed E-state index contributed by atoms with van der Waals surface area (Å²) < 4.78 is 1.67. The van der Waals surface area contributed by atoms with E-state index in [-0.39, 0.29) is 5.91 Å². The van der Waals surface area contributed by atoms with E-state index >= 15 is 0 Å². The number of benzene rings is 1. The summed E-state index contributed by atoms with van der Waals surface area (Å²) in [4.78, 5) is 19.0. The topological polar surface area (TPSA) is 84.1 Å². The Bertz CT molecular complexity index is 902. The number of likely N-dealkylation sites (tertiary alicyclic amines) is 1. The Morgan fingerprint density at radius 2 is 1.85 bits per heavy atom. The second kappa shape index (κ2) is 6.95. The number of hydrogen-bond donors (Lipinski definition) is 1. The molecule has 1 aliphatic rings. The van der Waals surface area contributed by atoms with Gasteiger partial charge < -0.3 is 10.0 Å². The smallest absolute Gasteiger partial charge is 0.254 e. The minimum atomic E-state index is 0.0103. The number of rotatable bonds is 3. The van der Waals surface area contributed by atoms with Crippen molar-refractivity contribution in [2.24, 2.45) is 0 Å². The molecule has 0 bridgehead atoms. The molecular formula is C19H19N5O2. The molecule has 0 saturated carbocycles. The number of aromatic nitrogens is 4.